The van der Waals surface area contributed by atoms with Crippen LogP contribution in [0.3, 0.4) is 0 Å². The Morgan fingerprint density at radius 3 is 1.53 bits per heavy atom. The van der Waals surface area contributed by atoms with Gasteiger partial charge in [0, 0.05) is 0 Å². The van der Waals surface area contributed by atoms with Crippen molar-refractivity contribution in [2.45, 2.75) is 58.2 Å². The summed E-state index contributed by atoms with van der Waals surface area (Å²) in [5.74, 6) is 0.184. The Balaban J connectivity index is 0.000000170. The van der Waals surface area contributed by atoms with E-state index in [1.807, 2.05) is 0 Å². The standard InChI is InChI=1S/C18H15S.C9H12F4O3S/c1-4-10-16(11-5-1)19(17-12-6-2-7-13-17)18-14-8-3-9-15-18;10-8(11)9(12,13)17(14,15)16-7-4-5-1-2-6(7)3-5/h1-15H;5-8H,1-4H2/q+1;. The molecule has 2 fully saturated rings. The van der Waals surface area contributed by atoms with E-state index in [1.54, 1.807) is 0 Å². The third-order valence-electron chi connectivity index (χ3n) is 6.45. The first-order valence-electron chi connectivity index (χ1n) is 11.7. The maximum Gasteiger partial charge on any atom is 0.428 e. The molecule has 0 N–H and O–H groups in total. The Bertz CT molecular complexity index is 1120. The summed E-state index contributed by atoms with van der Waals surface area (Å²) in [6.45, 7) is 0. The average Bonchev–Trinajstić information content (AvgIpc) is 3.50. The van der Waals surface area contributed by atoms with Crippen LogP contribution in [0.25, 0.3) is 0 Å². The van der Waals surface area contributed by atoms with E-state index in [0.29, 0.717) is 12.8 Å². The van der Waals surface area contributed by atoms with E-state index in [2.05, 4.69) is 95.2 Å². The lowest BCUT2D eigenvalue weighted by molar-refractivity contribution is -0.0740. The van der Waals surface area contributed by atoms with Crippen molar-refractivity contribution in [1.82, 2.24) is 0 Å². The van der Waals surface area contributed by atoms with Crippen molar-refractivity contribution in [2.75, 3.05) is 0 Å². The van der Waals surface area contributed by atoms with Gasteiger partial charge >= 0.3 is 21.8 Å². The van der Waals surface area contributed by atoms with Crippen molar-refractivity contribution >= 4 is 21.0 Å². The number of rotatable bonds is 7. The van der Waals surface area contributed by atoms with Gasteiger partial charge in [-0.1, -0.05) is 54.6 Å². The molecule has 0 spiro atoms. The molecule has 3 unspecified atom stereocenters. The minimum absolute atomic E-state index is 0.0146. The molecule has 2 aliphatic carbocycles. The minimum atomic E-state index is -5.55. The summed E-state index contributed by atoms with van der Waals surface area (Å²) in [6.07, 6.45) is -2.39. The monoisotopic (exact) mass is 539 g/mol. The number of halogens is 4. The summed E-state index contributed by atoms with van der Waals surface area (Å²) >= 11 is 0. The van der Waals surface area contributed by atoms with Gasteiger partial charge in [0.2, 0.25) is 0 Å². The molecular weight excluding hydrogens is 512 g/mol. The van der Waals surface area contributed by atoms with Crippen LogP contribution in [0.4, 0.5) is 17.6 Å². The van der Waals surface area contributed by atoms with Crippen LogP contribution in [-0.2, 0) is 25.2 Å². The summed E-state index contributed by atoms with van der Waals surface area (Å²) in [5, 5.41) is -5.13. The first-order valence-corrected chi connectivity index (χ1v) is 14.3. The highest BCUT2D eigenvalue weighted by Crippen LogP contribution is 2.47. The zero-order valence-electron chi connectivity index (χ0n) is 19.4. The van der Waals surface area contributed by atoms with E-state index < -0.39 is 27.9 Å². The molecule has 2 bridgehead atoms. The molecule has 192 valence electrons. The molecule has 0 aliphatic heterocycles. The van der Waals surface area contributed by atoms with E-state index in [-0.39, 0.29) is 22.7 Å². The molecule has 2 saturated carbocycles. The molecule has 3 aromatic carbocycles. The van der Waals surface area contributed by atoms with Gasteiger partial charge in [0.05, 0.1) is 17.0 Å². The Hall–Kier alpha value is -2.36. The maximum absolute atomic E-state index is 12.8. The Morgan fingerprint density at radius 2 is 1.19 bits per heavy atom. The van der Waals surface area contributed by atoms with Gasteiger partial charge in [-0.05, 0) is 73.9 Å². The summed E-state index contributed by atoms with van der Waals surface area (Å²) < 4.78 is 75.9. The molecule has 0 aromatic heterocycles. The highest BCUT2D eigenvalue weighted by Gasteiger charge is 2.57. The van der Waals surface area contributed by atoms with Crippen LogP contribution in [0, 0.1) is 11.8 Å². The number of alkyl halides is 4. The zero-order chi connectivity index (χ0) is 25.8. The van der Waals surface area contributed by atoms with Crippen molar-refractivity contribution in [1.29, 1.82) is 0 Å². The molecule has 3 aromatic rings. The van der Waals surface area contributed by atoms with Gasteiger partial charge in [-0.25, -0.2) is 8.78 Å². The van der Waals surface area contributed by atoms with Gasteiger partial charge < -0.3 is 0 Å². The summed E-state index contributed by atoms with van der Waals surface area (Å²) in [4.78, 5) is 4.08. The molecule has 0 saturated heterocycles. The van der Waals surface area contributed by atoms with E-state index in [1.165, 1.54) is 14.7 Å². The quantitative estimate of drug-likeness (QED) is 0.182. The fraction of sp³-hybridized carbons (Fsp3) is 0.333. The lowest BCUT2D eigenvalue weighted by atomic mass is 9.98. The molecule has 0 radical (unpaired) electrons. The SMILES string of the molecule is O=S(=O)(OC1CC2CCC1C2)C(F)(F)C(F)F.c1ccc([S+](c2ccccc2)c2ccccc2)cc1. The number of fused-ring (bicyclic) bond motifs is 2. The van der Waals surface area contributed by atoms with E-state index >= 15 is 0 Å². The number of hydrogen-bond acceptors (Lipinski definition) is 3. The molecule has 36 heavy (non-hydrogen) atoms. The molecular formula is C27H27F4O3S2+. The zero-order valence-corrected chi connectivity index (χ0v) is 21.0. The second-order valence-corrected chi connectivity index (χ2v) is 12.5. The minimum Gasteiger partial charge on any atom is -0.262 e. The van der Waals surface area contributed by atoms with Crippen LogP contribution in [0.2, 0.25) is 0 Å². The summed E-state index contributed by atoms with van der Waals surface area (Å²) in [5.41, 5.74) is 0. The van der Waals surface area contributed by atoms with Gasteiger partial charge in [-0.2, -0.15) is 17.2 Å². The Morgan fingerprint density at radius 1 is 0.750 bits per heavy atom. The van der Waals surface area contributed by atoms with Crippen LogP contribution in [0.15, 0.2) is 106 Å². The summed E-state index contributed by atoms with van der Waals surface area (Å²) in [6, 6.07) is 32.2. The van der Waals surface area contributed by atoms with Crippen LogP contribution >= 0.6 is 0 Å². The molecule has 2 aliphatic rings. The number of hydrogen-bond donors (Lipinski definition) is 0. The smallest absolute Gasteiger partial charge is 0.262 e. The lowest BCUT2D eigenvalue weighted by Crippen LogP contribution is -2.40. The van der Waals surface area contributed by atoms with Gasteiger partial charge in [-0.3, -0.25) is 4.18 Å². The largest absolute Gasteiger partial charge is 0.428 e. The fourth-order valence-corrected chi connectivity index (χ4v) is 7.73. The van der Waals surface area contributed by atoms with E-state index in [4.69, 9.17) is 0 Å². The Kier molecular flexibility index (Phi) is 8.42. The molecule has 5 rings (SSSR count). The van der Waals surface area contributed by atoms with Gasteiger partial charge in [0.15, 0.2) is 14.7 Å². The van der Waals surface area contributed by atoms with Gasteiger partial charge in [0.1, 0.15) is 0 Å². The third kappa shape index (κ3) is 5.95. The van der Waals surface area contributed by atoms with Crippen molar-refractivity contribution in [3.05, 3.63) is 91.0 Å². The molecule has 0 amide bonds. The van der Waals surface area contributed by atoms with Crippen LogP contribution in [0.5, 0.6) is 0 Å². The highest BCUT2D eigenvalue weighted by atomic mass is 32.2. The molecule has 3 atom stereocenters. The molecule has 0 heterocycles. The predicted molar refractivity (Wildman–Crippen MR) is 132 cm³/mol. The first-order chi connectivity index (χ1) is 17.2. The molecule has 3 nitrogen and oxygen atoms in total. The van der Waals surface area contributed by atoms with Crippen molar-refractivity contribution in [2.24, 2.45) is 11.8 Å². The lowest BCUT2D eigenvalue weighted by Gasteiger charge is -2.24. The normalized spacial score (nSPS) is 21.4. The second-order valence-electron chi connectivity index (χ2n) is 8.87. The second kappa shape index (κ2) is 11.4. The highest BCUT2D eigenvalue weighted by molar-refractivity contribution is 7.97. The molecule has 9 heteroatoms. The average molecular weight is 540 g/mol. The van der Waals surface area contributed by atoms with Crippen molar-refractivity contribution in [3.63, 3.8) is 0 Å². The van der Waals surface area contributed by atoms with Crippen molar-refractivity contribution in [3.8, 4) is 0 Å². The van der Waals surface area contributed by atoms with Crippen LogP contribution in [0.1, 0.15) is 25.7 Å². The fourth-order valence-electron chi connectivity index (χ4n) is 4.72. The number of benzene rings is 3. The predicted octanol–water partition coefficient (Wildman–Crippen LogP) is 7.16. The van der Waals surface area contributed by atoms with Gasteiger partial charge in [-0.15, -0.1) is 0 Å². The van der Waals surface area contributed by atoms with Gasteiger partial charge in [0.25, 0.3) is 0 Å². The maximum atomic E-state index is 12.8. The summed E-state index contributed by atoms with van der Waals surface area (Å²) in [7, 11) is -5.56. The third-order valence-corrected chi connectivity index (χ3v) is 10.0. The van der Waals surface area contributed by atoms with E-state index in [9.17, 15) is 26.0 Å². The van der Waals surface area contributed by atoms with Crippen molar-refractivity contribution < 1.29 is 30.2 Å². The topological polar surface area (TPSA) is 43.4 Å². The first kappa shape index (κ1) is 26.7. The van der Waals surface area contributed by atoms with Crippen LogP contribution < -0.4 is 0 Å². The van der Waals surface area contributed by atoms with E-state index in [0.717, 1.165) is 12.8 Å². The van der Waals surface area contributed by atoms with Crippen LogP contribution in [-0.4, -0.2) is 26.2 Å². The Labute approximate surface area is 212 Å².